The molecule has 2 heterocycles. The van der Waals surface area contributed by atoms with Gasteiger partial charge < -0.3 is 4.52 Å². The van der Waals surface area contributed by atoms with Crippen molar-refractivity contribution in [3.8, 4) is 0 Å². The Balaban J connectivity index is 1.93. The molecule has 2 aromatic rings. The summed E-state index contributed by atoms with van der Waals surface area (Å²) in [6.07, 6.45) is 1.46. The molecule has 2 rings (SSSR count). The average molecular weight is 197 g/mol. The number of hydrogen-bond donors (Lipinski definition) is 1. The third kappa shape index (κ3) is 2.05. The molecular weight excluding hydrogens is 190 g/mol. The molecule has 2 aromatic heterocycles. The van der Waals surface area contributed by atoms with Gasteiger partial charge in [0.25, 0.3) is 0 Å². The van der Waals surface area contributed by atoms with Crippen LogP contribution in [0.25, 0.3) is 0 Å². The Bertz CT molecular complexity index is 370. The lowest BCUT2D eigenvalue weighted by Gasteiger charge is -1.89. The molecule has 0 aliphatic heterocycles. The molecular formula is C6H7N5OS. The number of thioether (sulfide) groups is 1. The van der Waals surface area contributed by atoms with Gasteiger partial charge in [-0.1, -0.05) is 16.9 Å². The van der Waals surface area contributed by atoms with E-state index in [0.717, 1.165) is 5.16 Å². The number of rotatable bonds is 3. The third-order valence-electron chi connectivity index (χ3n) is 1.30. The smallest absolute Gasteiger partial charge is 0.223 e. The van der Waals surface area contributed by atoms with E-state index >= 15 is 0 Å². The summed E-state index contributed by atoms with van der Waals surface area (Å²) in [5, 5.41) is 10.9. The van der Waals surface area contributed by atoms with Crippen molar-refractivity contribution in [3.63, 3.8) is 0 Å². The number of aryl methyl sites for hydroxylation is 1. The number of nitrogens with one attached hydrogen (secondary N) is 1. The molecule has 0 aliphatic carbocycles. The molecule has 68 valence electrons. The van der Waals surface area contributed by atoms with Crippen LogP contribution in [0.4, 0.5) is 0 Å². The first-order chi connectivity index (χ1) is 6.34. The van der Waals surface area contributed by atoms with Crippen molar-refractivity contribution in [2.75, 3.05) is 0 Å². The van der Waals surface area contributed by atoms with Gasteiger partial charge in [-0.05, 0) is 0 Å². The quantitative estimate of drug-likeness (QED) is 0.732. The molecule has 0 aliphatic rings. The molecule has 0 amide bonds. The molecule has 0 unspecified atom stereocenters. The Morgan fingerprint density at radius 2 is 2.54 bits per heavy atom. The van der Waals surface area contributed by atoms with E-state index in [9.17, 15) is 0 Å². The van der Waals surface area contributed by atoms with Crippen LogP contribution in [0.2, 0.25) is 0 Å². The highest BCUT2D eigenvalue weighted by atomic mass is 32.2. The first kappa shape index (κ1) is 8.24. The van der Waals surface area contributed by atoms with Crippen LogP contribution >= 0.6 is 11.8 Å². The topological polar surface area (TPSA) is 80.5 Å². The summed E-state index contributed by atoms with van der Waals surface area (Å²) < 4.78 is 4.81. The van der Waals surface area contributed by atoms with Gasteiger partial charge in [0.1, 0.15) is 6.33 Å². The number of nitrogens with zero attached hydrogens (tertiary/aromatic N) is 4. The number of aromatic amines is 1. The molecule has 13 heavy (non-hydrogen) atoms. The molecule has 0 bridgehead atoms. The van der Waals surface area contributed by atoms with E-state index in [2.05, 4.69) is 25.3 Å². The number of aromatic nitrogens is 5. The Morgan fingerprint density at radius 3 is 3.15 bits per heavy atom. The molecule has 0 aromatic carbocycles. The standard InChI is InChI=1S/C6H7N5OS/c1-4-9-5(11-12-4)2-13-6-7-3-8-10-6/h3H,2H2,1H3,(H,7,8,10). The largest absolute Gasteiger partial charge is 0.340 e. The summed E-state index contributed by atoms with van der Waals surface area (Å²) in [7, 11) is 0. The normalized spacial score (nSPS) is 10.5. The van der Waals surface area contributed by atoms with Crippen molar-refractivity contribution in [1.29, 1.82) is 0 Å². The molecule has 0 atom stereocenters. The Hall–Kier alpha value is -1.37. The van der Waals surface area contributed by atoms with E-state index in [4.69, 9.17) is 4.52 Å². The fourth-order valence-corrected chi connectivity index (χ4v) is 1.42. The first-order valence-electron chi connectivity index (χ1n) is 3.62. The van der Waals surface area contributed by atoms with Crippen LogP contribution in [-0.4, -0.2) is 25.3 Å². The number of H-pyrrole nitrogens is 1. The van der Waals surface area contributed by atoms with Crippen LogP contribution in [-0.2, 0) is 5.75 Å². The first-order valence-corrected chi connectivity index (χ1v) is 4.60. The molecule has 0 saturated heterocycles. The van der Waals surface area contributed by atoms with Gasteiger partial charge in [-0.3, -0.25) is 5.10 Å². The van der Waals surface area contributed by atoms with E-state index in [0.29, 0.717) is 17.5 Å². The molecule has 0 saturated carbocycles. The van der Waals surface area contributed by atoms with Gasteiger partial charge in [0.05, 0.1) is 5.75 Å². The lowest BCUT2D eigenvalue weighted by molar-refractivity contribution is 0.389. The van der Waals surface area contributed by atoms with Gasteiger partial charge in [0, 0.05) is 6.92 Å². The van der Waals surface area contributed by atoms with E-state index in [1.807, 2.05) is 0 Å². The molecule has 7 heteroatoms. The minimum Gasteiger partial charge on any atom is -0.340 e. The van der Waals surface area contributed by atoms with Crippen molar-refractivity contribution in [1.82, 2.24) is 25.3 Å². The second kappa shape index (κ2) is 3.56. The second-order valence-electron chi connectivity index (χ2n) is 2.31. The Kier molecular flexibility index (Phi) is 2.26. The predicted octanol–water partition coefficient (Wildman–Crippen LogP) is 0.788. The van der Waals surface area contributed by atoms with Gasteiger partial charge >= 0.3 is 0 Å². The molecule has 0 spiro atoms. The highest BCUT2D eigenvalue weighted by Crippen LogP contribution is 2.15. The van der Waals surface area contributed by atoms with Gasteiger partial charge in [-0.25, -0.2) is 4.98 Å². The maximum Gasteiger partial charge on any atom is 0.223 e. The average Bonchev–Trinajstić information content (AvgIpc) is 2.71. The van der Waals surface area contributed by atoms with Crippen LogP contribution in [0.15, 0.2) is 16.0 Å². The number of hydrogen-bond acceptors (Lipinski definition) is 6. The van der Waals surface area contributed by atoms with Gasteiger partial charge in [0.15, 0.2) is 11.0 Å². The van der Waals surface area contributed by atoms with Crippen LogP contribution < -0.4 is 0 Å². The zero-order chi connectivity index (χ0) is 9.10. The van der Waals surface area contributed by atoms with Gasteiger partial charge in [-0.2, -0.15) is 10.1 Å². The predicted molar refractivity (Wildman–Crippen MR) is 45.0 cm³/mol. The molecule has 0 radical (unpaired) electrons. The van der Waals surface area contributed by atoms with Crippen molar-refractivity contribution in [3.05, 3.63) is 18.0 Å². The van der Waals surface area contributed by atoms with Crippen molar-refractivity contribution in [2.45, 2.75) is 17.8 Å². The molecule has 1 N–H and O–H groups in total. The van der Waals surface area contributed by atoms with E-state index < -0.39 is 0 Å². The third-order valence-corrected chi connectivity index (χ3v) is 2.17. The fourth-order valence-electron chi connectivity index (χ4n) is 0.797. The summed E-state index contributed by atoms with van der Waals surface area (Å²) in [6, 6.07) is 0. The minimum absolute atomic E-state index is 0.577. The lowest BCUT2D eigenvalue weighted by atomic mass is 10.7. The summed E-state index contributed by atoms with van der Waals surface area (Å²) in [4.78, 5) is 8.00. The highest BCUT2D eigenvalue weighted by Gasteiger charge is 2.03. The fraction of sp³-hybridized carbons (Fsp3) is 0.333. The van der Waals surface area contributed by atoms with Crippen molar-refractivity contribution in [2.24, 2.45) is 0 Å². The maximum absolute atomic E-state index is 4.81. The van der Waals surface area contributed by atoms with Gasteiger partial charge in [-0.15, -0.1) is 0 Å². The van der Waals surface area contributed by atoms with Crippen molar-refractivity contribution >= 4 is 11.8 Å². The van der Waals surface area contributed by atoms with E-state index in [1.54, 1.807) is 6.92 Å². The lowest BCUT2D eigenvalue weighted by Crippen LogP contribution is -1.84. The Labute approximate surface area is 78.1 Å². The zero-order valence-electron chi connectivity index (χ0n) is 6.89. The summed E-state index contributed by atoms with van der Waals surface area (Å²) in [5.41, 5.74) is 0. The van der Waals surface area contributed by atoms with Crippen LogP contribution in [0.5, 0.6) is 0 Å². The van der Waals surface area contributed by atoms with Crippen LogP contribution in [0.3, 0.4) is 0 Å². The monoisotopic (exact) mass is 197 g/mol. The molecule has 0 fully saturated rings. The summed E-state index contributed by atoms with van der Waals surface area (Å²) in [5.74, 6) is 1.87. The maximum atomic E-state index is 4.81. The summed E-state index contributed by atoms with van der Waals surface area (Å²) in [6.45, 7) is 1.76. The zero-order valence-corrected chi connectivity index (χ0v) is 7.71. The SMILES string of the molecule is Cc1nc(CSc2ncn[nH]2)no1. The Morgan fingerprint density at radius 1 is 1.62 bits per heavy atom. The van der Waals surface area contributed by atoms with E-state index in [1.165, 1.54) is 18.1 Å². The van der Waals surface area contributed by atoms with Crippen molar-refractivity contribution < 1.29 is 4.52 Å². The minimum atomic E-state index is 0.577. The van der Waals surface area contributed by atoms with Crippen LogP contribution in [0.1, 0.15) is 11.7 Å². The summed E-state index contributed by atoms with van der Waals surface area (Å²) >= 11 is 1.48. The second-order valence-corrected chi connectivity index (χ2v) is 3.27. The highest BCUT2D eigenvalue weighted by molar-refractivity contribution is 7.98. The molecule has 6 nitrogen and oxygen atoms in total. The van der Waals surface area contributed by atoms with Gasteiger partial charge in [0.2, 0.25) is 5.89 Å². The van der Waals surface area contributed by atoms with Crippen LogP contribution in [0, 0.1) is 6.92 Å². The van der Waals surface area contributed by atoms with E-state index in [-0.39, 0.29) is 0 Å².